The Balaban J connectivity index is 1.64. The monoisotopic (exact) mass is 235 g/mol. The fraction of sp³-hybridized carbons (Fsp3) is 0.571. The van der Waals surface area contributed by atoms with Gasteiger partial charge in [-0.15, -0.1) is 6.58 Å². The molecule has 0 bridgehead atoms. The Labute approximate surface area is 103 Å². The van der Waals surface area contributed by atoms with Gasteiger partial charge >= 0.3 is 0 Å². The maximum absolute atomic E-state index is 5.51. The van der Waals surface area contributed by atoms with Gasteiger partial charge in [0, 0.05) is 18.2 Å². The minimum atomic E-state index is 0.552. The van der Waals surface area contributed by atoms with E-state index in [0.29, 0.717) is 13.2 Å². The van der Waals surface area contributed by atoms with Crippen LogP contribution in [0.1, 0.15) is 37.5 Å². The molecule has 0 atom stereocenters. The van der Waals surface area contributed by atoms with Gasteiger partial charge in [-0.05, 0) is 32.3 Å². The van der Waals surface area contributed by atoms with E-state index in [1.54, 1.807) is 0 Å². The molecule has 0 aromatic carbocycles. The molecular formula is C14H21NO2. The van der Waals surface area contributed by atoms with E-state index in [2.05, 4.69) is 18.0 Å². The van der Waals surface area contributed by atoms with Gasteiger partial charge in [0.2, 0.25) is 0 Å². The van der Waals surface area contributed by atoms with E-state index in [9.17, 15) is 0 Å². The third kappa shape index (κ3) is 4.75. The van der Waals surface area contributed by atoms with Crippen molar-refractivity contribution < 1.29 is 9.15 Å². The van der Waals surface area contributed by atoms with Gasteiger partial charge in [0.1, 0.15) is 12.4 Å². The second-order valence-electron chi connectivity index (χ2n) is 4.84. The third-order valence-corrected chi connectivity index (χ3v) is 2.80. The average molecular weight is 235 g/mol. The van der Waals surface area contributed by atoms with E-state index in [1.165, 1.54) is 18.4 Å². The molecule has 0 unspecified atom stereocenters. The lowest BCUT2D eigenvalue weighted by atomic mass is 10.3. The lowest BCUT2D eigenvalue weighted by molar-refractivity contribution is 0.109. The molecule has 1 fully saturated rings. The highest BCUT2D eigenvalue weighted by atomic mass is 16.5. The predicted molar refractivity (Wildman–Crippen MR) is 67.7 cm³/mol. The molecule has 1 heterocycles. The van der Waals surface area contributed by atoms with Gasteiger partial charge in [0.05, 0.1) is 12.9 Å². The van der Waals surface area contributed by atoms with Gasteiger partial charge in [-0.1, -0.05) is 5.57 Å². The van der Waals surface area contributed by atoms with Gasteiger partial charge in [-0.2, -0.15) is 0 Å². The van der Waals surface area contributed by atoms with Crippen molar-refractivity contribution in [2.24, 2.45) is 0 Å². The fourth-order valence-corrected chi connectivity index (χ4v) is 1.56. The molecule has 2 rings (SSSR count). The molecule has 1 aromatic heterocycles. The molecule has 1 aromatic rings. The predicted octanol–water partition coefficient (Wildman–Crippen LogP) is 3.01. The standard InChI is InChI=1S/C14H21NO2/c1-11(2)5-6-16-10-14-7-12(9-17-14)8-15-13-3-4-13/h7,9,13,15H,1,3-6,8,10H2,2H3. The van der Waals surface area contributed by atoms with Crippen LogP contribution in [0.15, 0.2) is 28.9 Å². The van der Waals surface area contributed by atoms with Crippen LogP contribution in [0.5, 0.6) is 0 Å². The van der Waals surface area contributed by atoms with Crippen molar-refractivity contribution in [3.8, 4) is 0 Å². The summed E-state index contributed by atoms with van der Waals surface area (Å²) in [6.45, 7) is 8.02. The van der Waals surface area contributed by atoms with Crippen molar-refractivity contribution in [3.05, 3.63) is 35.8 Å². The van der Waals surface area contributed by atoms with Crippen LogP contribution in [0.2, 0.25) is 0 Å². The Morgan fingerprint density at radius 1 is 1.59 bits per heavy atom. The highest BCUT2D eigenvalue weighted by Crippen LogP contribution is 2.19. The Bertz CT molecular complexity index is 366. The number of hydrogen-bond donors (Lipinski definition) is 1. The second-order valence-corrected chi connectivity index (χ2v) is 4.84. The van der Waals surface area contributed by atoms with E-state index in [-0.39, 0.29) is 0 Å². The average Bonchev–Trinajstić information content (AvgIpc) is 3.01. The number of nitrogens with one attached hydrogen (secondary N) is 1. The number of rotatable bonds is 8. The van der Waals surface area contributed by atoms with Crippen molar-refractivity contribution >= 4 is 0 Å². The molecule has 1 N–H and O–H groups in total. The molecule has 0 spiro atoms. The molecule has 0 aliphatic heterocycles. The van der Waals surface area contributed by atoms with Crippen LogP contribution >= 0.6 is 0 Å². The lowest BCUT2D eigenvalue weighted by Gasteiger charge is -2.01. The Hall–Kier alpha value is -1.06. The van der Waals surface area contributed by atoms with Crippen molar-refractivity contribution in [3.63, 3.8) is 0 Å². The van der Waals surface area contributed by atoms with Gasteiger partial charge in [0.15, 0.2) is 0 Å². The number of furan rings is 1. The fourth-order valence-electron chi connectivity index (χ4n) is 1.56. The molecular weight excluding hydrogens is 214 g/mol. The molecule has 3 heteroatoms. The summed E-state index contributed by atoms with van der Waals surface area (Å²) < 4.78 is 10.9. The van der Waals surface area contributed by atoms with E-state index < -0.39 is 0 Å². The smallest absolute Gasteiger partial charge is 0.129 e. The normalized spacial score (nSPS) is 15.1. The van der Waals surface area contributed by atoms with Crippen LogP contribution in [0.4, 0.5) is 0 Å². The minimum absolute atomic E-state index is 0.552. The van der Waals surface area contributed by atoms with E-state index in [1.807, 2.05) is 13.2 Å². The number of hydrogen-bond acceptors (Lipinski definition) is 3. The molecule has 17 heavy (non-hydrogen) atoms. The Kier molecular flexibility index (Phi) is 4.40. The molecule has 94 valence electrons. The summed E-state index contributed by atoms with van der Waals surface area (Å²) in [6.07, 6.45) is 5.35. The first-order valence-corrected chi connectivity index (χ1v) is 6.26. The Morgan fingerprint density at radius 2 is 2.41 bits per heavy atom. The summed E-state index contributed by atoms with van der Waals surface area (Å²) in [5, 5.41) is 3.46. The van der Waals surface area contributed by atoms with Gasteiger partial charge in [-0.25, -0.2) is 0 Å². The zero-order valence-corrected chi connectivity index (χ0v) is 10.5. The summed E-state index contributed by atoms with van der Waals surface area (Å²) in [7, 11) is 0. The zero-order chi connectivity index (χ0) is 12.1. The number of ether oxygens (including phenoxy) is 1. The van der Waals surface area contributed by atoms with E-state index >= 15 is 0 Å². The maximum Gasteiger partial charge on any atom is 0.129 e. The Morgan fingerprint density at radius 3 is 3.12 bits per heavy atom. The third-order valence-electron chi connectivity index (χ3n) is 2.80. The highest BCUT2D eigenvalue weighted by molar-refractivity contribution is 5.12. The minimum Gasteiger partial charge on any atom is -0.467 e. The van der Waals surface area contributed by atoms with Crippen LogP contribution in [0, 0.1) is 0 Å². The molecule has 0 amide bonds. The quantitative estimate of drug-likeness (QED) is 0.555. The van der Waals surface area contributed by atoms with Crippen LogP contribution in [-0.2, 0) is 17.9 Å². The summed E-state index contributed by atoms with van der Waals surface area (Å²) in [5.74, 6) is 0.902. The highest BCUT2D eigenvalue weighted by Gasteiger charge is 2.20. The van der Waals surface area contributed by atoms with Crippen LogP contribution in [0.3, 0.4) is 0 Å². The topological polar surface area (TPSA) is 34.4 Å². The van der Waals surface area contributed by atoms with Crippen molar-refractivity contribution in [2.75, 3.05) is 6.61 Å². The summed E-state index contributed by atoms with van der Waals surface area (Å²) in [6, 6.07) is 2.80. The molecule has 0 radical (unpaired) electrons. The summed E-state index contributed by atoms with van der Waals surface area (Å²) >= 11 is 0. The molecule has 3 nitrogen and oxygen atoms in total. The van der Waals surface area contributed by atoms with Gasteiger partial charge in [0.25, 0.3) is 0 Å². The van der Waals surface area contributed by atoms with Gasteiger partial charge in [-0.3, -0.25) is 0 Å². The van der Waals surface area contributed by atoms with E-state index in [4.69, 9.17) is 9.15 Å². The van der Waals surface area contributed by atoms with Crippen LogP contribution < -0.4 is 5.32 Å². The first kappa shape index (κ1) is 12.4. The van der Waals surface area contributed by atoms with Crippen molar-refractivity contribution in [1.82, 2.24) is 5.32 Å². The zero-order valence-electron chi connectivity index (χ0n) is 10.5. The van der Waals surface area contributed by atoms with Crippen molar-refractivity contribution in [2.45, 2.75) is 45.4 Å². The summed E-state index contributed by atoms with van der Waals surface area (Å²) in [4.78, 5) is 0. The molecule has 1 aliphatic rings. The van der Waals surface area contributed by atoms with Crippen LogP contribution in [0.25, 0.3) is 0 Å². The molecule has 1 aliphatic carbocycles. The maximum atomic E-state index is 5.51. The van der Waals surface area contributed by atoms with Gasteiger partial charge < -0.3 is 14.5 Å². The molecule has 0 saturated heterocycles. The largest absolute Gasteiger partial charge is 0.467 e. The van der Waals surface area contributed by atoms with E-state index in [0.717, 1.165) is 30.3 Å². The second kappa shape index (κ2) is 6.03. The SMILES string of the molecule is C=C(C)CCOCc1cc(CNC2CC2)co1. The summed E-state index contributed by atoms with van der Waals surface area (Å²) in [5.41, 5.74) is 2.36. The lowest BCUT2D eigenvalue weighted by Crippen LogP contribution is -2.14. The first-order chi connectivity index (χ1) is 8.24. The molecule has 1 saturated carbocycles. The first-order valence-electron chi connectivity index (χ1n) is 6.26. The van der Waals surface area contributed by atoms with Crippen molar-refractivity contribution in [1.29, 1.82) is 0 Å². The van der Waals surface area contributed by atoms with Crippen LogP contribution in [-0.4, -0.2) is 12.6 Å².